The smallest absolute Gasteiger partial charge is 0.269 e. The van der Waals surface area contributed by atoms with Crippen LogP contribution in [0, 0.1) is 17.0 Å². The van der Waals surface area contributed by atoms with Crippen molar-refractivity contribution in [1.29, 1.82) is 0 Å². The summed E-state index contributed by atoms with van der Waals surface area (Å²) in [5.41, 5.74) is 3.00. The van der Waals surface area contributed by atoms with Crippen LogP contribution in [0.5, 0.6) is 11.5 Å². The molecule has 0 unspecified atom stereocenters. The van der Waals surface area contributed by atoms with E-state index in [-0.39, 0.29) is 17.2 Å². The van der Waals surface area contributed by atoms with Crippen LogP contribution in [0.25, 0.3) is 6.08 Å². The fourth-order valence-electron chi connectivity index (χ4n) is 4.63. The van der Waals surface area contributed by atoms with Gasteiger partial charge >= 0.3 is 0 Å². The molecule has 178 valence electrons. The number of Topliss-reactive ketones (excluding diaryl/α,β-unsaturated/α-hetero) is 1. The summed E-state index contributed by atoms with van der Waals surface area (Å²) < 4.78 is 17.4. The van der Waals surface area contributed by atoms with E-state index < -0.39 is 4.92 Å². The summed E-state index contributed by atoms with van der Waals surface area (Å²) in [6, 6.07) is 7.89. The van der Waals surface area contributed by atoms with E-state index in [2.05, 4.69) is 9.80 Å². The number of carbonyl (C=O) groups excluding carboxylic acids is 1. The predicted molar refractivity (Wildman–Crippen MR) is 125 cm³/mol. The van der Waals surface area contributed by atoms with Crippen LogP contribution in [-0.4, -0.2) is 66.6 Å². The number of hydrogen-bond acceptors (Lipinski definition) is 8. The van der Waals surface area contributed by atoms with Crippen LogP contribution in [-0.2, 0) is 11.3 Å². The van der Waals surface area contributed by atoms with Gasteiger partial charge in [0.25, 0.3) is 5.69 Å². The van der Waals surface area contributed by atoms with Crippen LogP contribution in [0.15, 0.2) is 36.1 Å². The molecule has 0 saturated carbocycles. The van der Waals surface area contributed by atoms with Crippen molar-refractivity contribution in [3.05, 3.63) is 68.5 Å². The second-order valence-corrected chi connectivity index (χ2v) is 8.79. The molecule has 0 aromatic heterocycles. The summed E-state index contributed by atoms with van der Waals surface area (Å²) in [6.45, 7) is 8.69. The Kier molecular flexibility index (Phi) is 6.32. The third-order valence-electron chi connectivity index (χ3n) is 6.46. The molecule has 3 aliphatic rings. The molecular formula is C25H27N3O6. The van der Waals surface area contributed by atoms with Gasteiger partial charge in [-0.1, -0.05) is 0 Å². The highest BCUT2D eigenvalue weighted by Gasteiger charge is 2.33. The molecule has 9 heteroatoms. The zero-order valence-electron chi connectivity index (χ0n) is 19.1. The number of non-ortho nitro benzene ring substituents is 1. The number of morpholine rings is 1. The molecule has 1 fully saturated rings. The molecule has 0 aliphatic carbocycles. The fourth-order valence-corrected chi connectivity index (χ4v) is 4.63. The Bertz CT molecular complexity index is 1140. The second-order valence-electron chi connectivity index (χ2n) is 8.79. The predicted octanol–water partition coefficient (Wildman–Crippen LogP) is 3.39. The van der Waals surface area contributed by atoms with Crippen LogP contribution in [0.1, 0.15) is 33.5 Å². The van der Waals surface area contributed by atoms with Crippen LogP contribution in [0.2, 0.25) is 0 Å². The number of benzene rings is 2. The summed E-state index contributed by atoms with van der Waals surface area (Å²) in [5.74, 6) is 1.32. The van der Waals surface area contributed by atoms with Crippen molar-refractivity contribution in [2.24, 2.45) is 0 Å². The SMILES string of the molecule is Cc1c2c(cc3c1O/C(=C\c1ccc([N+](=O)[O-])cc1)C3=O)CN(CCCN1CCOCC1)CO2. The molecule has 3 aliphatic heterocycles. The van der Waals surface area contributed by atoms with Gasteiger partial charge in [-0.2, -0.15) is 0 Å². The average Bonchev–Trinajstić information content (AvgIpc) is 3.15. The topological polar surface area (TPSA) is 94.4 Å². The van der Waals surface area contributed by atoms with Gasteiger partial charge in [-0.05, 0) is 49.7 Å². The quantitative estimate of drug-likeness (QED) is 0.364. The molecule has 5 rings (SSSR count). The summed E-state index contributed by atoms with van der Waals surface area (Å²) in [4.78, 5) is 28.2. The lowest BCUT2D eigenvalue weighted by Crippen LogP contribution is -2.39. The minimum atomic E-state index is -0.455. The highest BCUT2D eigenvalue weighted by Crippen LogP contribution is 2.43. The number of ether oxygens (including phenoxy) is 3. The number of hydrogen-bond donors (Lipinski definition) is 0. The number of nitro benzene ring substituents is 1. The fraction of sp³-hybridized carbons (Fsp3) is 0.400. The molecule has 34 heavy (non-hydrogen) atoms. The number of nitrogens with zero attached hydrogens (tertiary/aromatic N) is 3. The van der Waals surface area contributed by atoms with Gasteiger partial charge in [-0.3, -0.25) is 24.7 Å². The first kappa shape index (κ1) is 22.5. The molecule has 0 radical (unpaired) electrons. The van der Waals surface area contributed by atoms with Crippen LogP contribution < -0.4 is 9.47 Å². The highest BCUT2D eigenvalue weighted by molar-refractivity contribution is 6.15. The van der Waals surface area contributed by atoms with Crippen molar-refractivity contribution in [3.63, 3.8) is 0 Å². The Morgan fingerprint density at radius 1 is 1.09 bits per heavy atom. The standard InChI is InChI=1S/C25H27N3O6/c1-17-24-19(15-27(16-33-24)8-2-7-26-9-11-32-12-10-26)14-21-23(29)22(34-25(17)21)13-18-3-5-20(6-4-18)28(30)31/h3-6,13-14H,2,7-12,15-16H2,1H3/b22-13-. The molecular weight excluding hydrogens is 438 g/mol. The summed E-state index contributed by atoms with van der Waals surface area (Å²) in [7, 11) is 0. The normalized spacial score (nSPS) is 19.4. The van der Waals surface area contributed by atoms with Crippen LogP contribution >= 0.6 is 0 Å². The van der Waals surface area contributed by atoms with E-state index in [0.29, 0.717) is 23.6 Å². The van der Waals surface area contributed by atoms with Crippen molar-refractivity contribution < 1.29 is 23.9 Å². The molecule has 0 N–H and O–H groups in total. The van der Waals surface area contributed by atoms with E-state index in [1.165, 1.54) is 12.1 Å². The lowest BCUT2D eigenvalue weighted by Gasteiger charge is -2.31. The Balaban J connectivity index is 1.28. The number of fused-ring (bicyclic) bond motifs is 2. The zero-order chi connectivity index (χ0) is 23.7. The van der Waals surface area contributed by atoms with E-state index in [4.69, 9.17) is 14.2 Å². The third kappa shape index (κ3) is 4.54. The van der Waals surface area contributed by atoms with E-state index in [9.17, 15) is 14.9 Å². The Morgan fingerprint density at radius 3 is 2.56 bits per heavy atom. The van der Waals surface area contributed by atoms with E-state index >= 15 is 0 Å². The number of carbonyl (C=O) groups is 1. The Morgan fingerprint density at radius 2 is 1.82 bits per heavy atom. The molecule has 9 nitrogen and oxygen atoms in total. The van der Waals surface area contributed by atoms with Crippen LogP contribution in [0.4, 0.5) is 5.69 Å². The van der Waals surface area contributed by atoms with Gasteiger partial charge < -0.3 is 14.2 Å². The minimum Gasteiger partial charge on any atom is -0.477 e. The summed E-state index contributed by atoms with van der Waals surface area (Å²) in [6.07, 6.45) is 2.66. The van der Waals surface area contributed by atoms with Gasteiger partial charge in [-0.15, -0.1) is 0 Å². The van der Waals surface area contributed by atoms with Crippen molar-refractivity contribution >= 4 is 17.5 Å². The van der Waals surface area contributed by atoms with Crippen molar-refractivity contribution in [2.75, 3.05) is 46.1 Å². The highest BCUT2D eigenvalue weighted by atomic mass is 16.6. The molecule has 2 aromatic carbocycles. The third-order valence-corrected chi connectivity index (χ3v) is 6.46. The maximum absolute atomic E-state index is 13.1. The Labute approximate surface area is 197 Å². The first-order valence-electron chi connectivity index (χ1n) is 11.5. The first-order valence-corrected chi connectivity index (χ1v) is 11.5. The second kappa shape index (κ2) is 9.54. The lowest BCUT2D eigenvalue weighted by atomic mass is 10.00. The zero-order valence-corrected chi connectivity index (χ0v) is 19.1. The summed E-state index contributed by atoms with van der Waals surface area (Å²) in [5, 5.41) is 10.9. The maximum atomic E-state index is 13.1. The van der Waals surface area contributed by atoms with Gasteiger partial charge in [0.2, 0.25) is 5.78 Å². The monoisotopic (exact) mass is 465 g/mol. The summed E-state index contributed by atoms with van der Waals surface area (Å²) >= 11 is 0. The lowest BCUT2D eigenvalue weighted by molar-refractivity contribution is -0.384. The van der Waals surface area contributed by atoms with Crippen LogP contribution in [0.3, 0.4) is 0 Å². The molecule has 2 aromatic rings. The molecule has 0 atom stereocenters. The van der Waals surface area contributed by atoms with E-state index in [0.717, 1.165) is 69.2 Å². The van der Waals surface area contributed by atoms with Gasteiger partial charge in [0.1, 0.15) is 18.2 Å². The first-order chi connectivity index (χ1) is 16.5. The number of allylic oxidation sites excluding steroid dienone is 1. The maximum Gasteiger partial charge on any atom is 0.269 e. The van der Waals surface area contributed by atoms with Gasteiger partial charge in [0, 0.05) is 49.4 Å². The van der Waals surface area contributed by atoms with Gasteiger partial charge in [0.15, 0.2) is 5.76 Å². The largest absolute Gasteiger partial charge is 0.477 e. The van der Waals surface area contributed by atoms with Crippen molar-refractivity contribution in [2.45, 2.75) is 19.9 Å². The number of rotatable bonds is 6. The molecule has 0 amide bonds. The molecule has 0 spiro atoms. The molecule has 0 bridgehead atoms. The van der Waals surface area contributed by atoms with Gasteiger partial charge in [0.05, 0.1) is 23.7 Å². The van der Waals surface area contributed by atoms with Crippen molar-refractivity contribution in [1.82, 2.24) is 9.80 Å². The van der Waals surface area contributed by atoms with E-state index in [1.807, 2.05) is 13.0 Å². The molecule has 1 saturated heterocycles. The average molecular weight is 466 g/mol. The Hall–Kier alpha value is -3.27. The van der Waals surface area contributed by atoms with E-state index in [1.54, 1.807) is 18.2 Å². The minimum absolute atomic E-state index is 0.000675. The number of ketones is 1. The van der Waals surface area contributed by atoms with Gasteiger partial charge in [-0.25, -0.2) is 0 Å². The number of nitro groups is 1. The van der Waals surface area contributed by atoms with Crippen molar-refractivity contribution in [3.8, 4) is 11.5 Å². The molecule has 3 heterocycles.